The summed E-state index contributed by atoms with van der Waals surface area (Å²) in [5, 5.41) is 13.8. The molecular formula is C33H57N3O6. The summed E-state index contributed by atoms with van der Waals surface area (Å²) in [6.45, 7) is 12.3. The Morgan fingerprint density at radius 2 is 1.83 bits per heavy atom. The van der Waals surface area contributed by atoms with Crippen molar-refractivity contribution in [2.75, 3.05) is 27.8 Å². The molecule has 4 unspecified atom stereocenters. The van der Waals surface area contributed by atoms with Crippen molar-refractivity contribution < 1.29 is 29.0 Å². The Bertz CT molecular complexity index is 963. The number of aliphatic hydroxyl groups excluding tert-OH is 1. The second-order valence-electron chi connectivity index (χ2n) is 12.7. The third kappa shape index (κ3) is 9.30. The van der Waals surface area contributed by atoms with Gasteiger partial charge in [-0.25, -0.2) is 0 Å². The van der Waals surface area contributed by atoms with Crippen molar-refractivity contribution in [1.29, 1.82) is 0 Å². The third-order valence-corrected chi connectivity index (χ3v) is 9.06. The van der Waals surface area contributed by atoms with Gasteiger partial charge in [-0.05, 0) is 62.9 Å². The molecule has 2 aliphatic rings. The van der Waals surface area contributed by atoms with E-state index < -0.39 is 24.2 Å². The summed E-state index contributed by atoms with van der Waals surface area (Å²) in [5.74, 6) is -0.185. The van der Waals surface area contributed by atoms with Gasteiger partial charge in [-0.1, -0.05) is 47.1 Å². The van der Waals surface area contributed by atoms with Crippen molar-refractivity contribution in [2.45, 2.75) is 123 Å². The van der Waals surface area contributed by atoms with Crippen LogP contribution in [0.4, 0.5) is 0 Å². The summed E-state index contributed by atoms with van der Waals surface area (Å²) in [7, 11) is 4.90. The highest BCUT2D eigenvalue weighted by atomic mass is 16.5. The van der Waals surface area contributed by atoms with Gasteiger partial charge in [0.05, 0.1) is 43.4 Å². The average molecular weight is 592 g/mol. The van der Waals surface area contributed by atoms with E-state index in [1.165, 1.54) is 6.08 Å². The van der Waals surface area contributed by atoms with E-state index in [0.717, 1.165) is 44.1 Å². The van der Waals surface area contributed by atoms with Gasteiger partial charge in [-0.2, -0.15) is 0 Å². The number of ether oxygens (including phenoxy) is 2. The first-order valence-corrected chi connectivity index (χ1v) is 15.9. The van der Waals surface area contributed by atoms with Crippen LogP contribution < -0.4 is 5.32 Å². The summed E-state index contributed by atoms with van der Waals surface area (Å²) < 4.78 is 11.6. The van der Waals surface area contributed by atoms with Crippen LogP contribution in [0.15, 0.2) is 23.5 Å². The standard InChI is InChI=1S/C33H57N3O6/c1-10-22(4)30(35(7)28(37)19-21(2)3)27(41-8)20-29(38)36-18-14-17-26(36)32(42-9)23(5)33(40)34-24(6)31(39)25-15-12-11-13-16-25/h15,20-24,26,30-32,39H,10-14,16-19H2,1-9H3,(H,34,40)/b27-20-/t22-,23?,24?,26-,30?,31+,32?/m0/s1. The van der Waals surface area contributed by atoms with Gasteiger partial charge >= 0.3 is 0 Å². The predicted octanol–water partition coefficient (Wildman–Crippen LogP) is 4.44. The Balaban J connectivity index is 2.21. The van der Waals surface area contributed by atoms with Gasteiger partial charge in [0, 0.05) is 33.2 Å². The van der Waals surface area contributed by atoms with Gasteiger partial charge in [0.2, 0.25) is 17.7 Å². The number of hydrogen-bond acceptors (Lipinski definition) is 6. The molecule has 0 aromatic heterocycles. The van der Waals surface area contributed by atoms with Gasteiger partial charge < -0.3 is 29.7 Å². The van der Waals surface area contributed by atoms with E-state index in [1.807, 2.05) is 27.7 Å². The van der Waals surface area contributed by atoms with Crippen LogP contribution in [0.5, 0.6) is 0 Å². The summed E-state index contributed by atoms with van der Waals surface area (Å²) in [6.07, 6.45) is 9.12. The number of rotatable bonds is 15. The molecule has 0 bridgehead atoms. The van der Waals surface area contributed by atoms with Crippen LogP contribution >= 0.6 is 0 Å². The normalized spacial score (nSPS) is 22.1. The average Bonchev–Trinajstić information content (AvgIpc) is 3.46. The molecule has 7 atom stereocenters. The minimum Gasteiger partial charge on any atom is -0.499 e. The molecule has 42 heavy (non-hydrogen) atoms. The Morgan fingerprint density at radius 1 is 1.14 bits per heavy atom. The molecule has 3 amide bonds. The van der Waals surface area contributed by atoms with E-state index in [1.54, 1.807) is 31.1 Å². The maximum absolute atomic E-state index is 13.7. The van der Waals surface area contributed by atoms with Gasteiger partial charge in [-0.3, -0.25) is 14.4 Å². The van der Waals surface area contributed by atoms with Crippen LogP contribution in [0.1, 0.15) is 92.9 Å². The lowest BCUT2D eigenvalue weighted by atomic mass is 9.91. The van der Waals surface area contributed by atoms with Crippen LogP contribution in [0.3, 0.4) is 0 Å². The van der Waals surface area contributed by atoms with E-state index in [-0.39, 0.29) is 41.6 Å². The van der Waals surface area contributed by atoms with Gasteiger partial charge in [0.15, 0.2) is 0 Å². The van der Waals surface area contributed by atoms with E-state index in [4.69, 9.17) is 9.47 Å². The number of hydrogen-bond donors (Lipinski definition) is 2. The molecule has 0 spiro atoms. The number of carbonyl (C=O) groups is 3. The molecule has 0 radical (unpaired) electrons. The summed E-state index contributed by atoms with van der Waals surface area (Å²) >= 11 is 0. The van der Waals surface area contributed by atoms with Crippen molar-refractivity contribution in [3.05, 3.63) is 23.5 Å². The lowest BCUT2D eigenvalue weighted by Crippen LogP contribution is -2.52. The van der Waals surface area contributed by atoms with Crippen molar-refractivity contribution >= 4 is 17.7 Å². The number of likely N-dealkylation sites (tertiary alicyclic amines) is 1. The molecule has 1 saturated heterocycles. The molecule has 9 heteroatoms. The van der Waals surface area contributed by atoms with Crippen LogP contribution in [-0.4, -0.2) is 90.8 Å². The molecule has 0 saturated carbocycles. The molecule has 1 heterocycles. The molecular weight excluding hydrogens is 534 g/mol. The second-order valence-corrected chi connectivity index (χ2v) is 12.7. The lowest BCUT2D eigenvalue weighted by molar-refractivity contribution is -0.137. The Labute approximate surface area is 254 Å². The summed E-state index contributed by atoms with van der Waals surface area (Å²) in [6, 6.07) is -1.09. The SMILES string of the molecule is CC[C@H](C)C(/C(=C/C(=O)N1CCC[C@H]1C(OC)C(C)C(=O)NC(C)[C@@H](O)C1=CCCCC1)OC)N(C)C(=O)CC(C)C. The second kappa shape index (κ2) is 17.0. The van der Waals surface area contributed by atoms with Crippen LogP contribution in [0.25, 0.3) is 0 Å². The minimum atomic E-state index is -0.714. The van der Waals surface area contributed by atoms with Crippen LogP contribution in [0.2, 0.25) is 0 Å². The number of amides is 3. The van der Waals surface area contributed by atoms with Crippen LogP contribution in [-0.2, 0) is 23.9 Å². The number of nitrogens with zero attached hydrogens (tertiary/aromatic N) is 2. The Morgan fingerprint density at radius 3 is 2.38 bits per heavy atom. The van der Waals surface area contributed by atoms with Gasteiger partial charge in [0.1, 0.15) is 5.76 Å². The number of likely N-dealkylation sites (N-methyl/N-ethyl adjacent to an activating group) is 1. The molecule has 0 aromatic carbocycles. The zero-order valence-electron chi connectivity index (χ0n) is 27.5. The highest BCUT2D eigenvalue weighted by Crippen LogP contribution is 2.29. The third-order valence-electron chi connectivity index (χ3n) is 9.06. The smallest absolute Gasteiger partial charge is 0.250 e. The fourth-order valence-corrected chi connectivity index (χ4v) is 6.33. The molecule has 240 valence electrons. The zero-order valence-corrected chi connectivity index (χ0v) is 27.5. The van der Waals surface area contributed by atoms with Crippen molar-refractivity contribution in [1.82, 2.24) is 15.1 Å². The highest BCUT2D eigenvalue weighted by molar-refractivity contribution is 5.89. The predicted molar refractivity (Wildman–Crippen MR) is 165 cm³/mol. The number of aliphatic hydroxyl groups is 1. The first kappa shape index (κ1) is 35.8. The summed E-state index contributed by atoms with van der Waals surface area (Å²) in [4.78, 5) is 43.5. The number of carbonyl (C=O) groups excluding carboxylic acids is 3. The quantitative estimate of drug-likeness (QED) is 0.166. The Hall–Kier alpha value is -2.39. The lowest BCUT2D eigenvalue weighted by Gasteiger charge is -2.36. The van der Waals surface area contributed by atoms with E-state index in [9.17, 15) is 19.5 Å². The van der Waals surface area contributed by atoms with E-state index in [0.29, 0.717) is 25.1 Å². The minimum absolute atomic E-state index is 0.0168. The van der Waals surface area contributed by atoms with Crippen molar-refractivity contribution in [3.63, 3.8) is 0 Å². The van der Waals surface area contributed by atoms with Gasteiger partial charge in [0.25, 0.3) is 0 Å². The molecule has 1 aliphatic heterocycles. The van der Waals surface area contributed by atoms with E-state index >= 15 is 0 Å². The molecule has 2 rings (SSSR count). The molecule has 2 N–H and O–H groups in total. The van der Waals surface area contributed by atoms with Gasteiger partial charge in [-0.15, -0.1) is 0 Å². The monoisotopic (exact) mass is 591 g/mol. The number of methoxy groups -OCH3 is 2. The fraction of sp³-hybridized carbons (Fsp3) is 0.788. The molecule has 9 nitrogen and oxygen atoms in total. The zero-order chi connectivity index (χ0) is 31.6. The summed E-state index contributed by atoms with van der Waals surface area (Å²) in [5.41, 5.74) is 0.991. The van der Waals surface area contributed by atoms with Crippen molar-refractivity contribution in [3.8, 4) is 0 Å². The first-order chi connectivity index (χ1) is 19.9. The van der Waals surface area contributed by atoms with Crippen LogP contribution in [0, 0.1) is 17.8 Å². The number of allylic oxidation sites excluding steroid dienone is 1. The number of nitrogens with one attached hydrogen (secondary N) is 1. The maximum Gasteiger partial charge on any atom is 0.250 e. The fourth-order valence-electron chi connectivity index (χ4n) is 6.33. The largest absolute Gasteiger partial charge is 0.499 e. The Kier molecular flexibility index (Phi) is 14.5. The topological polar surface area (TPSA) is 108 Å². The highest BCUT2D eigenvalue weighted by Gasteiger charge is 2.40. The molecule has 1 fully saturated rings. The molecule has 1 aliphatic carbocycles. The molecule has 0 aromatic rings. The first-order valence-electron chi connectivity index (χ1n) is 15.9. The maximum atomic E-state index is 13.7. The van der Waals surface area contributed by atoms with Crippen molar-refractivity contribution in [2.24, 2.45) is 17.8 Å². The van der Waals surface area contributed by atoms with E-state index in [2.05, 4.69) is 25.2 Å².